The summed E-state index contributed by atoms with van der Waals surface area (Å²) in [6, 6.07) is 4.68. The molecule has 2 aromatic rings. The van der Waals surface area contributed by atoms with E-state index in [-0.39, 0.29) is 11.2 Å². The van der Waals surface area contributed by atoms with Crippen molar-refractivity contribution in [1.82, 2.24) is 9.55 Å². The van der Waals surface area contributed by atoms with Crippen molar-refractivity contribution in [3.8, 4) is 0 Å². The molecular weight excluding hydrogens is 251 g/mol. The largest absolute Gasteiger partial charge is 0.326 e. The molecule has 1 aromatic carbocycles. The Labute approximate surface area is 112 Å². The Morgan fingerprint density at radius 3 is 2.72 bits per heavy atom. The third-order valence-electron chi connectivity index (χ3n) is 3.29. The van der Waals surface area contributed by atoms with E-state index >= 15 is 0 Å². The predicted octanol–water partition coefficient (Wildman–Crippen LogP) is 4.52. The highest BCUT2D eigenvalue weighted by Gasteiger charge is 2.16. The lowest BCUT2D eigenvalue weighted by molar-refractivity contribution is 0.465. The smallest absolute Gasteiger partial charge is 0.127 e. The van der Waals surface area contributed by atoms with Crippen LogP contribution in [0.3, 0.4) is 0 Å². The highest BCUT2D eigenvalue weighted by molar-refractivity contribution is 6.20. The molecule has 0 amide bonds. The Hall–Kier alpha value is -1.09. The third-order valence-corrected chi connectivity index (χ3v) is 3.48. The van der Waals surface area contributed by atoms with Crippen LogP contribution < -0.4 is 0 Å². The van der Waals surface area contributed by atoms with Crippen molar-refractivity contribution in [2.75, 3.05) is 0 Å². The van der Waals surface area contributed by atoms with E-state index in [4.69, 9.17) is 11.6 Å². The quantitative estimate of drug-likeness (QED) is 0.746. The minimum Gasteiger partial charge on any atom is -0.326 e. The monoisotopic (exact) mass is 268 g/mol. The van der Waals surface area contributed by atoms with Gasteiger partial charge in [0.2, 0.25) is 0 Å². The molecule has 0 radical (unpaired) electrons. The molecular formula is C14H18ClFN2. The molecule has 0 aliphatic carbocycles. The van der Waals surface area contributed by atoms with Gasteiger partial charge in [-0.3, -0.25) is 0 Å². The predicted molar refractivity (Wildman–Crippen MR) is 73.4 cm³/mol. The standard InChI is InChI=1S/C14H18ClFN2/c1-4-9(2)8-18-13-7-11(16)5-6-12(13)17-14(18)10(3)15/h5-7,9-10H,4,8H2,1-3H3. The van der Waals surface area contributed by atoms with Crippen molar-refractivity contribution in [2.45, 2.75) is 39.1 Å². The van der Waals surface area contributed by atoms with Crippen LogP contribution in [0.15, 0.2) is 18.2 Å². The summed E-state index contributed by atoms with van der Waals surface area (Å²) in [6.07, 6.45) is 1.07. The highest BCUT2D eigenvalue weighted by Crippen LogP contribution is 2.26. The number of alkyl halides is 1. The zero-order valence-corrected chi connectivity index (χ0v) is 11.7. The van der Waals surface area contributed by atoms with Crippen LogP contribution in [0.4, 0.5) is 4.39 Å². The van der Waals surface area contributed by atoms with Gasteiger partial charge < -0.3 is 4.57 Å². The number of hydrogen-bond acceptors (Lipinski definition) is 1. The second kappa shape index (κ2) is 5.27. The Balaban J connectivity index is 2.57. The molecule has 0 saturated carbocycles. The van der Waals surface area contributed by atoms with Crippen LogP contribution in [0.1, 0.15) is 38.4 Å². The van der Waals surface area contributed by atoms with Crippen LogP contribution in [0.2, 0.25) is 0 Å². The Morgan fingerprint density at radius 1 is 1.39 bits per heavy atom. The van der Waals surface area contributed by atoms with E-state index in [2.05, 4.69) is 18.8 Å². The van der Waals surface area contributed by atoms with E-state index in [9.17, 15) is 4.39 Å². The molecule has 2 rings (SSSR count). The first kappa shape index (κ1) is 13.3. The van der Waals surface area contributed by atoms with Gasteiger partial charge in [0.05, 0.1) is 16.4 Å². The maximum Gasteiger partial charge on any atom is 0.127 e. The minimum absolute atomic E-state index is 0.176. The molecule has 0 bridgehead atoms. The van der Waals surface area contributed by atoms with Gasteiger partial charge >= 0.3 is 0 Å². The molecule has 0 N–H and O–H groups in total. The molecule has 2 atom stereocenters. The van der Waals surface area contributed by atoms with Gasteiger partial charge in [0.25, 0.3) is 0 Å². The molecule has 0 spiro atoms. The van der Waals surface area contributed by atoms with Crippen LogP contribution in [-0.2, 0) is 6.54 Å². The van der Waals surface area contributed by atoms with Gasteiger partial charge in [-0.05, 0) is 31.0 Å². The average molecular weight is 269 g/mol. The lowest BCUT2D eigenvalue weighted by atomic mass is 10.1. The van der Waals surface area contributed by atoms with Gasteiger partial charge in [-0.1, -0.05) is 20.3 Å². The van der Waals surface area contributed by atoms with Crippen LogP contribution in [0, 0.1) is 11.7 Å². The Bertz CT molecular complexity index is 548. The second-order valence-corrected chi connectivity index (χ2v) is 5.50. The van der Waals surface area contributed by atoms with E-state index in [1.165, 1.54) is 12.1 Å². The minimum atomic E-state index is -0.235. The van der Waals surface area contributed by atoms with Crippen LogP contribution in [0.5, 0.6) is 0 Å². The summed E-state index contributed by atoms with van der Waals surface area (Å²) in [5.74, 6) is 1.10. The molecule has 0 aliphatic heterocycles. The highest BCUT2D eigenvalue weighted by atomic mass is 35.5. The van der Waals surface area contributed by atoms with E-state index in [1.54, 1.807) is 6.07 Å². The lowest BCUT2D eigenvalue weighted by Gasteiger charge is -2.14. The number of imidazole rings is 1. The van der Waals surface area contributed by atoms with Gasteiger partial charge in [-0.2, -0.15) is 0 Å². The van der Waals surface area contributed by atoms with Crippen LogP contribution in [0.25, 0.3) is 11.0 Å². The first-order valence-corrected chi connectivity index (χ1v) is 6.76. The van der Waals surface area contributed by atoms with E-state index in [0.717, 1.165) is 29.8 Å². The third kappa shape index (κ3) is 2.51. The normalized spacial score (nSPS) is 14.9. The lowest BCUT2D eigenvalue weighted by Crippen LogP contribution is -2.10. The molecule has 1 heterocycles. The molecule has 0 fully saturated rings. The summed E-state index contributed by atoms with van der Waals surface area (Å²) >= 11 is 6.17. The number of fused-ring (bicyclic) bond motifs is 1. The zero-order valence-electron chi connectivity index (χ0n) is 11.0. The van der Waals surface area contributed by atoms with E-state index in [0.29, 0.717) is 5.92 Å². The van der Waals surface area contributed by atoms with Crippen molar-refractivity contribution < 1.29 is 4.39 Å². The number of halogens is 2. The summed E-state index contributed by atoms with van der Waals surface area (Å²) < 4.78 is 15.4. The summed E-state index contributed by atoms with van der Waals surface area (Å²) in [5, 5.41) is -0.176. The molecule has 4 heteroatoms. The van der Waals surface area contributed by atoms with Crippen molar-refractivity contribution in [3.05, 3.63) is 29.8 Å². The fourth-order valence-electron chi connectivity index (χ4n) is 2.05. The van der Waals surface area contributed by atoms with Crippen molar-refractivity contribution in [3.63, 3.8) is 0 Å². The maximum absolute atomic E-state index is 13.4. The van der Waals surface area contributed by atoms with Gasteiger partial charge in [0.1, 0.15) is 11.6 Å². The van der Waals surface area contributed by atoms with E-state index in [1.807, 2.05) is 11.5 Å². The average Bonchev–Trinajstić information content (AvgIpc) is 2.67. The van der Waals surface area contributed by atoms with Crippen molar-refractivity contribution >= 4 is 22.6 Å². The number of benzene rings is 1. The Kier molecular flexibility index (Phi) is 3.91. The van der Waals surface area contributed by atoms with Crippen LogP contribution >= 0.6 is 11.6 Å². The molecule has 2 unspecified atom stereocenters. The first-order valence-electron chi connectivity index (χ1n) is 6.32. The molecule has 1 aromatic heterocycles. The van der Waals surface area contributed by atoms with Gasteiger partial charge in [0, 0.05) is 6.54 Å². The first-order chi connectivity index (χ1) is 8.52. The number of hydrogen-bond donors (Lipinski definition) is 0. The number of nitrogens with zero attached hydrogens (tertiary/aromatic N) is 2. The van der Waals surface area contributed by atoms with Crippen molar-refractivity contribution in [2.24, 2.45) is 5.92 Å². The van der Waals surface area contributed by atoms with E-state index < -0.39 is 0 Å². The fraction of sp³-hybridized carbons (Fsp3) is 0.500. The summed E-state index contributed by atoms with van der Waals surface area (Å²) in [6.45, 7) is 7.04. The fourth-order valence-corrected chi connectivity index (χ4v) is 2.22. The topological polar surface area (TPSA) is 17.8 Å². The van der Waals surface area contributed by atoms with Gasteiger partial charge in [-0.25, -0.2) is 9.37 Å². The number of rotatable bonds is 4. The molecule has 18 heavy (non-hydrogen) atoms. The SMILES string of the molecule is CCC(C)Cn1c(C(C)Cl)nc2ccc(F)cc21. The summed E-state index contributed by atoms with van der Waals surface area (Å²) in [5.41, 5.74) is 1.64. The maximum atomic E-state index is 13.4. The molecule has 0 saturated heterocycles. The summed E-state index contributed by atoms with van der Waals surface area (Å²) in [4.78, 5) is 4.50. The van der Waals surface area contributed by atoms with Gasteiger partial charge in [0.15, 0.2) is 0 Å². The zero-order chi connectivity index (χ0) is 13.3. The van der Waals surface area contributed by atoms with Crippen molar-refractivity contribution in [1.29, 1.82) is 0 Å². The molecule has 2 nitrogen and oxygen atoms in total. The molecule has 0 aliphatic rings. The summed E-state index contributed by atoms with van der Waals surface area (Å²) in [7, 11) is 0. The van der Waals surface area contributed by atoms with Crippen LogP contribution in [-0.4, -0.2) is 9.55 Å². The number of aromatic nitrogens is 2. The van der Waals surface area contributed by atoms with Gasteiger partial charge in [-0.15, -0.1) is 11.6 Å². The Morgan fingerprint density at radius 2 is 2.11 bits per heavy atom. The second-order valence-electron chi connectivity index (χ2n) is 4.84. The molecule has 98 valence electrons.